The Morgan fingerprint density at radius 1 is 1.07 bits per heavy atom. The molecule has 5 atom stereocenters. The minimum absolute atomic E-state index is 0.0172. The molecule has 1 saturated heterocycles. The molecule has 0 aliphatic carbocycles. The summed E-state index contributed by atoms with van der Waals surface area (Å²) in [6, 6.07) is -2.83. The summed E-state index contributed by atoms with van der Waals surface area (Å²) < 4.78 is 15.8. The SMILES string of the molecule is CCOC(=O)C=C[C@H](C[C@@H]1CCNC1=O)NC(=O)[C@H](CC(C)C)NC(=O)[C@@H](NC(=O)OCCCl)C(C)OC(C)(C)C. The van der Waals surface area contributed by atoms with Crippen molar-refractivity contribution >= 4 is 41.4 Å². The third kappa shape index (κ3) is 14.6. The zero-order valence-electron chi connectivity index (χ0n) is 25.2. The average Bonchev–Trinajstić information content (AvgIpc) is 3.26. The fraction of sp³-hybridized carbons (Fsp3) is 0.750. The maximum Gasteiger partial charge on any atom is 0.407 e. The summed E-state index contributed by atoms with van der Waals surface area (Å²) >= 11 is 5.60. The molecule has 0 saturated carbocycles. The van der Waals surface area contributed by atoms with Gasteiger partial charge < -0.3 is 35.5 Å². The van der Waals surface area contributed by atoms with Gasteiger partial charge in [-0.3, -0.25) is 14.4 Å². The van der Waals surface area contributed by atoms with Gasteiger partial charge in [0.2, 0.25) is 17.7 Å². The van der Waals surface area contributed by atoms with Crippen molar-refractivity contribution in [1.82, 2.24) is 21.3 Å². The first-order valence-corrected chi connectivity index (χ1v) is 14.6. The first-order chi connectivity index (χ1) is 19.2. The summed E-state index contributed by atoms with van der Waals surface area (Å²) in [6.07, 6.45) is 2.24. The number of rotatable bonds is 16. The van der Waals surface area contributed by atoms with Crippen molar-refractivity contribution in [3.05, 3.63) is 12.2 Å². The van der Waals surface area contributed by atoms with Crippen molar-refractivity contribution in [2.24, 2.45) is 11.8 Å². The number of halogens is 1. The lowest BCUT2D eigenvalue weighted by Gasteiger charge is -2.32. The van der Waals surface area contributed by atoms with E-state index < -0.39 is 53.7 Å². The van der Waals surface area contributed by atoms with Gasteiger partial charge in [0, 0.05) is 24.6 Å². The highest BCUT2D eigenvalue weighted by Gasteiger charge is 2.35. The molecule has 234 valence electrons. The Kier molecular flexibility index (Phi) is 15.7. The number of amides is 4. The maximum atomic E-state index is 13.5. The van der Waals surface area contributed by atoms with Crippen LogP contribution in [0.1, 0.15) is 67.7 Å². The van der Waals surface area contributed by atoms with Crippen molar-refractivity contribution < 1.29 is 38.2 Å². The highest BCUT2D eigenvalue weighted by molar-refractivity contribution is 6.18. The van der Waals surface area contributed by atoms with Crippen LogP contribution in [0.5, 0.6) is 0 Å². The van der Waals surface area contributed by atoms with Crippen LogP contribution in [0, 0.1) is 11.8 Å². The molecular weight excluding hydrogens is 556 g/mol. The zero-order valence-corrected chi connectivity index (χ0v) is 26.0. The lowest BCUT2D eigenvalue weighted by Crippen LogP contribution is -2.59. The van der Waals surface area contributed by atoms with Crippen LogP contribution < -0.4 is 21.3 Å². The number of hydrogen-bond donors (Lipinski definition) is 4. The molecule has 0 spiro atoms. The van der Waals surface area contributed by atoms with Gasteiger partial charge in [0.25, 0.3) is 0 Å². The van der Waals surface area contributed by atoms with E-state index in [1.807, 2.05) is 34.6 Å². The molecule has 0 aromatic rings. The molecule has 1 heterocycles. The summed E-state index contributed by atoms with van der Waals surface area (Å²) in [6.45, 7) is 13.2. The van der Waals surface area contributed by atoms with Gasteiger partial charge in [-0.1, -0.05) is 19.9 Å². The summed E-state index contributed by atoms with van der Waals surface area (Å²) in [4.78, 5) is 63.4. The van der Waals surface area contributed by atoms with Crippen molar-refractivity contribution in [3.63, 3.8) is 0 Å². The number of alkyl halides is 1. The molecule has 0 aromatic heterocycles. The van der Waals surface area contributed by atoms with E-state index in [1.54, 1.807) is 13.8 Å². The number of nitrogens with one attached hydrogen (secondary N) is 4. The number of hydrogen-bond acceptors (Lipinski definition) is 8. The second-order valence-electron chi connectivity index (χ2n) is 11.3. The zero-order chi connectivity index (χ0) is 31.2. The van der Waals surface area contributed by atoms with Crippen molar-refractivity contribution in [3.8, 4) is 0 Å². The monoisotopic (exact) mass is 602 g/mol. The maximum absolute atomic E-state index is 13.5. The predicted molar refractivity (Wildman–Crippen MR) is 154 cm³/mol. The van der Waals surface area contributed by atoms with Crippen LogP contribution in [0.2, 0.25) is 0 Å². The predicted octanol–water partition coefficient (Wildman–Crippen LogP) is 2.18. The highest BCUT2D eigenvalue weighted by Crippen LogP contribution is 2.18. The Morgan fingerprint density at radius 3 is 2.29 bits per heavy atom. The first-order valence-electron chi connectivity index (χ1n) is 14.1. The minimum Gasteiger partial charge on any atom is -0.463 e. The largest absolute Gasteiger partial charge is 0.463 e. The van der Waals surface area contributed by atoms with Crippen LogP contribution in [0.4, 0.5) is 4.79 Å². The van der Waals surface area contributed by atoms with Crippen molar-refractivity contribution in [1.29, 1.82) is 0 Å². The van der Waals surface area contributed by atoms with Gasteiger partial charge in [0.1, 0.15) is 18.7 Å². The van der Waals surface area contributed by atoms with Gasteiger partial charge in [-0.05, 0) is 59.8 Å². The molecule has 1 rings (SSSR count). The van der Waals surface area contributed by atoms with E-state index in [0.29, 0.717) is 13.0 Å². The second kappa shape index (κ2) is 17.8. The Hall–Kier alpha value is -2.86. The van der Waals surface area contributed by atoms with Crippen molar-refractivity contribution in [2.45, 2.75) is 97.6 Å². The number of alkyl carbamates (subject to hydrolysis) is 1. The summed E-state index contributed by atoms with van der Waals surface area (Å²) in [5.41, 5.74) is -0.626. The van der Waals surface area contributed by atoms with Crippen LogP contribution in [0.3, 0.4) is 0 Å². The van der Waals surface area contributed by atoms with E-state index in [-0.39, 0.29) is 49.7 Å². The molecule has 1 aliphatic heterocycles. The summed E-state index contributed by atoms with van der Waals surface area (Å²) in [5.74, 6) is -2.07. The van der Waals surface area contributed by atoms with Crippen LogP contribution in [-0.4, -0.2) is 85.3 Å². The Bertz CT molecular complexity index is 921. The fourth-order valence-corrected chi connectivity index (χ4v) is 4.39. The normalized spacial score (nSPS) is 18.3. The number of carbonyl (C=O) groups is 5. The van der Waals surface area contributed by atoms with E-state index in [0.717, 1.165) is 0 Å². The van der Waals surface area contributed by atoms with Gasteiger partial charge >= 0.3 is 12.1 Å². The Balaban J connectivity index is 3.16. The van der Waals surface area contributed by atoms with E-state index in [4.69, 9.17) is 25.8 Å². The number of esters is 1. The molecule has 13 heteroatoms. The molecule has 12 nitrogen and oxygen atoms in total. The fourth-order valence-electron chi connectivity index (χ4n) is 4.32. The summed E-state index contributed by atoms with van der Waals surface area (Å²) in [7, 11) is 0. The average molecular weight is 603 g/mol. The molecule has 41 heavy (non-hydrogen) atoms. The molecule has 1 fully saturated rings. The van der Waals surface area contributed by atoms with Gasteiger partial charge in [-0.15, -0.1) is 11.6 Å². The van der Waals surface area contributed by atoms with Crippen LogP contribution >= 0.6 is 11.6 Å². The van der Waals surface area contributed by atoms with Gasteiger partial charge in [0.15, 0.2) is 0 Å². The number of ether oxygens (including phenoxy) is 3. The molecular formula is C28H47ClN4O8. The molecule has 1 unspecified atom stereocenters. The van der Waals surface area contributed by atoms with E-state index in [9.17, 15) is 24.0 Å². The molecule has 0 aromatic carbocycles. The topological polar surface area (TPSA) is 161 Å². The van der Waals surface area contributed by atoms with Gasteiger partial charge in [-0.25, -0.2) is 9.59 Å². The smallest absolute Gasteiger partial charge is 0.407 e. The number of carbonyl (C=O) groups excluding carboxylic acids is 5. The molecule has 0 radical (unpaired) electrons. The molecule has 0 bridgehead atoms. The molecule has 4 amide bonds. The minimum atomic E-state index is -1.18. The van der Waals surface area contributed by atoms with Gasteiger partial charge in [0.05, 0.1) is 24.2 Å². The molecule has 1 aliphatic rings. The van der Waals surface area contributed by atoms with Crippen LogP contribution in [0.15, 0.2) is 12.2 Å². The summed E-state index contributed by atoms with van der Waals surface area (Å²) in [5, 5.41) is 10.9. The standard InChI is InChI=1S/C28H47ClN4O8/c1-8-39-22(34)10-9-20(16-19-11-13-30-24(19)35)31-25(36)21(15-17(2)3)32-26(37)23(18(4)41-28(5,6)7)33-27(38)40-14-12-29/h9-10,17-21,23H,8,11-16H2,1-7H3,(H,30,35)(H,31,36)(H,32,37)(H,33,38)/t18?,19-,20+,21-,23-/m0/s1. The lowest BCUT2D eigenvalue weighted by molar-refractivity contribution is -0.137. The molecule has 4 N–H and O–H groups in total. The Labute approximate surface area is 248 Å². The van der Waals surface area contributed by atoms with Crippen LogP contribution in [0.25, 0.3) is 0 Å². The second-order valence-corrected chi connectivity index (χ2v) is 11.7. The quantitative estimate of drug-likeness (QED) is 0.119. The highest BCUT2D eigenvalue weighted by atomic mass is 35.5. The van der Waals surface area contributed by atoms with Gasteiger partial charge in [-0.2, -0.15) is 0 Å². The van der Waals surface area contributed by atoms with E-state index in [2.05, 4.69) is 21.3 Å². The lowest BCUT2D eigenvalue weighted by atomic mass is 9.96. The van der Waals surface area contributed by atoms with E-state index >= 15 is 0 Å². The third-order valence-electron chi connectivity index (χ3n) is 6.00. The Morgan fingerprint density at radius 2 is 1.76 bits per heavy atom. The van der Waals surface area contributed by atoms with E-state index in [1.165, 1.54) is 12.2 Å². The first kappa shape index (κ1) is 36.2. The van der Waals surface area contributed by atoms with Crippen molar-refractivity contribution in [2.75, 3.05) is 25.6 Å². The third-order valence-corrected chi connectivity index (χ3v) is 6.15. The van der Waals surface area contributed by atoms with Crippen LogP contribution in [-0.2, 0) is 33.4 Å².